The van der Waals surface area contributed by atoms with Crippen molar-refractivity contribution in [3.05, 3.63) is 245 Å². The Bertz CT molecular complexity index is 3320. The second-order valence-electron chi connectivity index (χ2n) is 17.8. The summed E-state index contributed by atoms with van der Waals surface area (Å²) >= 11 is 0. The van der Waals surface area contributed by atoms with Crippen LogP contribution in [-0.4, -0.2) is 0 Å². The van der Waals surface area contributed by atoms with E-state index in [0.29, 0.717) is 0 Å². The summed E-state index contributed by atoms with van der Waals surface area (Å²) in [5, 5.41) is 2.44. The average Bonchev–Trinajstić information content (AvgIpc) is 3.53. The normalized spacial score (nSPS) is 15.4. The van der Waals surface area contributed by atoms with E-state index in [1.807, 2.05) is 0 Å². The van der Waals surface area contributed by atoms with Crippen LogP contribution >= 0.6 is 0 Å². The van der Waals surface area contributed by atoms with Crippen LogP contribution in [0.4, 0.5) is 39.8 Å². The molecule has 2 heterocycles. The van der Waals surface area contributed by atoms with Crippen LogP contribution in [0.2, 0.25) is 0 Å². The summed E-state index contributed by atoms with van der Waals surface area (Å²) in [4.78, 5) is 7.36. The quantitative estimate of drug-likeness (QED) is 0.160. The first-order valence-corrected chi connectivity index (χ1v) is 22.4. The van der Waals surface area contributed by atoms with Crippen LogP contribution in [-0.2, 0) is 5.41 Å². The second-order valence-corrected chi connectivity index (χ2v) is 17.8. The lowest BCUT2D eigenvalue weighted by Gasteiger charge is -2.41. The van der Waals surface area contributed by atoms with E-state index >= 15 is 0 Å². The van der Waals surface area contributed by atoms with E-state index in [9.17, 15) is 0 Å². The molecule has 8 aromatic rings. The molecule has 0 unspecified atom stereocenters. The summed E-state index contributed by atoms with van der Waals surface area (Å²) in [6, 6.07) is 62.6. The molecule has 0 bridgehead atoms. The van der Waals surface area contributed by atoms with Crippen molar-refractivity contribution in [1.82, 2.24) is 0 Å². The van der Waals surface area contributed by atoms with Crippen molar-refractivity contribution in [2.45, 2.75) is 32.6 Å². The van der Waals surface area contributed by atoms with Gasteiger partial charge in [-0.3, -0.25) is 0 Å². The number of hydrogen-bond acceptors (Lipinski definition) is 3. The van der Waals surface area contributed by atoms with Crippen LogP contribution in [0.3, 0.4) is 0 Å². The molecule has 3 nitrogen and oxygen atoms in total. The second kappa shape index (κ2) is 14.9. The van der Waals surface area contributed by atoms with Gasteiger partial charge in [-0.1, -0.05) is 172 Å². The SMILES string of the molecule is Cc1cccc(N2C3=C(C=CC=CC3)N(c3ccc4c(c3)C(C)(C)c3cc(C=Cc5cccc6c(N7c8ccccc8C=Cc8ccccc87)cccc56)ccc3-4)c3ccccc32)c1. The smallest absolute Gasteiger partial charge is 0.0703 e. The molecule has 306 valence electrons. The van der Waals surface area contributed by atoms with Crippen LogP contribution in [0.25, 0.3) is 46.2 Å². The van der Waals surface area contributed by atoms with E-state index in [0.717, 1.165) is 6.42 Å². The molecule has 4 aliphatic rings. The minimum absolute atomic E-state index is 0.200. The van der Waals surface area contributed by atoms with Crippen LogP contribution in [0.15, 0.2) is 206 Å². The number of anilines is 7. The predicted molar refractivity (Wildman–Crippen MR) is 272 cm³/mol. The maximum absolute atomic E-state index is 2.48. The van der Waals surface area contributed by atoms with Gasteiger partial charge < -0.3 is 14.7 Å². The van der Waals surface area contributed by atoms with Crippen LogP contribution < -0.4 is 14.7 Å². The van der Waals surface area contributed by atoms with Crippen molar-refractivity contribution in [2.75, 3.05) is 14.7 Å². The van der Waals surface area contributed by atoms with Crippen molar-refractivity contribution in [1.29, 1.82) is 0 Å². The van der Waals surface area contributed by atoms with Gasteiger partial charge in [-0.15, -0.1) is 0 Å². The van der Waals surface area contributed by atoms with Gasteiger partial charge in [-0.05, 0) is 123 Å². The van der Waals surface area contributed by atoms with E-state index < -0.39 is 0 Å². The molecule has 0 N–H and O–H groups in total. The van der Waals surface area contributed by atoms with Gasteiger partial charge >= 0.3 is 0 Å². The Morgan fingerprint density at radius 2 is 1.09 bits per heavy atom. The number of aryl methyl sites for hydroxylation is 1. The Balaban J connectivity index is 0.900. The average molecular weight is 822 g/mol. The third kappa shape index (κ3) is 6.03. The maximum Gasteiger partial charge on any atom is 0.0703 e. The lowest BCUT2D eigenvalue weighted by Crippen LogP contribution is -2.31. The fourth-order valence-electron chi connectivity index (χ4n) is 10.5. The van der Waals surface area contributed by atoms with Crippen LogP contribution in [0.5, 0.6) is 0 Å². The lowest BCUT2D eigenvalue weighted by molar-refractivity contribution is 0.660. The van der Waals surface area contributed by atoms with Gasteiger partial charge in [0.25, 0.3) is 0 Å². The molecule has 0 fully saturated rings. The molecule has 0 saturated heterocycles. The fourth-order valence-corrected chi connectivity index (χ4v) is 10.5. The molecule has 0 atom stereocenters. The number of benzene rings is 8. The molecule has 3 heteroatoms. The zero-order valence-electron chi connectivity index (χ0n) is 36.3. The van der Waals surface area contributed by atoms with Crippen molar-refractivity contribution in [3.8, 4) is 11.1 Å². The van der Waals surface area contributed by atoms with E-state index in [4.69, 9.17) is 0 Å². The van der Waals surface area contributed by atoms with E-state index in [-0.39, 0.29) is 5.41 Å². The van der Waals surface area contributed by atoms with Gasteiger partial charge in [0.05, 0.1) is 39.8 Å². The monoisotopic (exact) mass is 821 g/mol. The molecular formula is C61H47N3. The third-order valence-electron chi connectivity index (χ3n) is 13.6. The minimum Gasteiger partial charge on any atom is -0.310 e. The van der Waals surface area contributed by atoms with Gasteiger partial charge in [-0.2, -0.15) is 0 Å². The Kier molecular flexibility index (Phi) is 8.81. The molecule has 2 aliphatic carbocycles. The summed E-state index contributed by atoms with van der Waals surface area (Å²) in [6.07, 6.45) is 18.8. The first-order chi connectivity index (χ1) is 31.4. The van der Waals surface area contributed by atoms with Gasteiger partial charge in [0.1, 0.15) is 0 Å². The molecule has 0 spiro atoms. The molecule has 2 aliphatic heterocycles. The van der Waals surface area contributed by atoms with Crippen molar-refractivity contribution >= 4 is 74.9 Å². The summed E-state index contributed by atoms with van der Waals surface area (Å²) < 4.78 is 0. The van der Waals surface area contributed by atoms with Gasteiger partial charge in [-0.25, -0.2) is 0 Å². The highest BCUT2D eigenvalue weighted by Gasteiger charge is 2.38. The maximum atomic E-state index is 2.48. The molecule has 0 aromatic heterocycles. The standard InChI is InChI=1S/C61H47N3/c1-41-16-13-20-46(38-41)62-57-25-5-4-6-26-58(57)63(60-28-12-11-27-59(60)62)47-35-37-50-49-36-31-42(39-52(49)61(2,3)53(50)40-47)30-32-43-19-14-22-51-48(43)21-15-29-56(51)64-54-23-9-7-17-44(54)33-34-45-18-8-10-24-55(45)64/h4-24,26-40H,25H2,1-3H3. The molecule has 8 aromatic carbocycles. The Labute approximate surface area is 376 Å². The predicted octanol–water partition coefficient (Wildman–Crippen LogP) is 16.6. The minimum atomic E-state index is -0.200. The number of hydrogen-bond donors (Lipinski definition) is 0. The van der Waals surface area contributed by atoms with Gasteiger partial charge in [0.2, 0.25) is 0 Å². The summed E-state index contributed by atoms with van der Waals surface area (Å²) in [6.45, 7) is 6.95. The molecule has 64 heavy (non-hydrogen) atoms. The van der Waals surface area contributed by atoms with Crippen LogP contribution in [0, 0.1) is 6.92 Å². The van der Waals surface area contributed by atoms with Gasteiger partial charge in [0.15, 0.2) is 0 Å². The molecule has 0 saturated carbocycles. The fraction of sp³-hybridized carbons (Fsp3) is 0.0820. The van der Waals surface area contributed by atoms with Gasteiger partial charge in [0, 0.05) is 28.6 Å². The number of nitrogens with zero attached hydrogens (tertiary/aromatic N) is 3. The van der Waals surface area contributed by atoms with E-state index in [1.54, 1.807) is 0 Å². The first-order valence-electron chi connectivity index (χ1n) is 22.4. The Hall–Kier alpha value is -7.88. The van der Waals surface area contributed by atoms with E-state index in [1.165, 1.54) is 112 Å². The topological polar surface area (TPSA) is 9.72 Å². The highest BCUT2D eigenvalue weighted by molar-refractivity contribution is 6.05. The zero-order valence-corrected chi connectivity index (χ0v) is 36.3. The summed E-state index contributed by atoms with van der Waals surface area (Å²) in [7, 11) is 0. The largest absolute Gasteiger partial charge is 0.310 e. The molecular weight excluding hydrogens is 775 g/mol. The van der Waals surface area contributed by atoms with Crippen molar-refractivity contribution < 1.29 is 0 Å². The number of fused-ring (bicyclic) bond motifs is 7. The zero-order chi connectivity index (χ0) is 42.9. The Morgan fingerprint density at radius 3 is 1.86 bits per heavy atom. The van der Waals surface area contributed by atoms with Crippen LogP contribution in [0.1, 0.15) is 59.2 Å². The molecule has 0 radical (unpaired) electrons. The number of rotatable bonds is 5. The summed E-state index contributed by atoms with van der Waals surface area (Å²) in [5.41, 5.74) is 21.9. The molecule has 0 amide bonds. The molecule has 12 rings (SSSR count). The third-order valence-corrected chi connectivity index (χ3v) is 13.6. The van der Waals surface area contributed by atoms with E-state index in [2.05, 4.69) is 254 Å². The van der Waals surface area contributed by atoms with Crippen molar-refractivity contribution in [2.24, 2.45) is 0 Å². The summed E-state index contributed by atoms with van der Waals surface area (Å²) in [5.74, 6) is 0. The number of allylic oxidation sites excluding steroid dienone is 4. The highest BCUT2D eigenvalue weighted by atomic mass is 15.3. The highest BCUT2D eigenvalue weighted by Crippen LogP contribution is 2.54. The lowest BCUT2D eigenvalue weighted by atomic mass is 9.81. The first kappa shape index (κ1) is 37.8. The Morgan fingerprint density at radius 1 is 0.469 bits per heavy atom. The number of para-hydroxylation sites is 4. The van der Waals surface area contributed by atoms with Crippen molar-refractivity contribution in [3.63, 3.8) is 0 Å².